The molecule has 0 bridgehead atoms. The van der Waals surface area contributed by atoms with Crippen LogP contribution in [0.5, 0.6) is 0 Å². The second-order valence-electron chi connectivity index (χ2n) is 16.9. The highest BCUT2D eigenvalue weighted by Gasteiger charge is 2.25. The molecule has 14 rings (SSSR count). The summed E-state index contributed by atoms with van der Waals surface area (Å²) >= 11 is 0. The van der Waals surface area contributed by atoms with Crippen molar-refractivity contribution in [3.8, 4) is 50.6 Å². The molecule has 0 atom stereocenters. The van der Waals surface area contributed by atoms with E-state index in [2.05, 4.69) is 187 Å². The van der Waals surface area contributed by atoms with Crippen LogP contribution in [-0.4, -0.2) is 14.5 Å². The molecule has 5 nitrogen and oxygen atoms in total. The van der Waals surface area contributed by atoms with Gasteiger partial charge in [-0.2, -0.15) is 0 Å². The number of hydrogen-bond acceptors (Lipinski definition) is 4. The third-order valence-electron chi connectivity index (χ3n) is 13.2. The second-order valence-corrected chi connectivity index (χ2v) is 16.9. The molecule has 0 aliphatic rings. The zero-order valence-electron chi connectivity index (χ0n) is 34.9. The van der Waals surface area contributed by atoms with E-state index in [0.717, 1.165) is 93.9 Å². The van der Waals surface area contributed by atoms with E-state index in [0.29, 0.717) is 11.4 Å². The highest BCUT2D eigenvalue weighted by atomic mass is 16.3. The SMILES string of the molecule is c1ccc(-c2ccc3oc4c(-c5ccccc5)nc(-c5ccc(-n6c7ccc(-c8ccccc8)cc7c7cc8ccccc8cc76)c6c5oc5c7ccccc7ccc56)nc4c3c2)cc1. The lowest BCUT2D eigenvalue weighted by atomic mass is 10.0. The van der Waals surface area contributed by atoms with Gasteiger partial charge in [0, 0.05) is 32.5 Å². The summed E-state index contributed by atoms with van der Waals surface area (Å²) in [5.74, 6) is 0.560. The maximum Gasteiger partial charge on any atom is 0.180 e. The van der Waals surface area contributed by atoms with E-state index in [-0.39, 0.29) is 0 Å². The molecular formula is C60H35N3O2. The normalized spacial score (nSPS) is 12.0. The maximum atomic E-state index is 7.25. The fraction of sp³-hybridized carbons (Fsp3) is 0. The van der Waals surface area contributed by atoms with Gasteiger partial charge < -0.3 is 13.4 Å². The molecular weight excluding hydrogens is 795 g/mol. The predicted molar refractivity (Wildman–Crippen MR) is 268 cm³/mol. The lowest BCUT2D eigenvalue weighted by Crippen LogP contribution is -1.98. The van der Waals surface area contributed by atoms with Gasteiger partial charge in [0.15, 0.2) is 11.4 Å². The van der Waals surface area contributed by atoms with E-state index in [1.165, 1.54) is 32.7 Å². The number of benzene rings is 10. The van der Waals surface area contributed by atoms with Gasteiger partial charge in [-0.3, -0.25) is 0 Å². The molecule has 4 heterocycles. The molecule has 65 heavy (non-hydrogen) atoms. The average Bonchev–Trinajstić information content (AvgIpc) is 4.05. The first-order chi connectivity index (χ1) is 32.2. The molecule has 0 saturated carbocycles. The Kier molecular flexibility index (Phi) is 7.62. The second kappa shape index (κ2) is 13.9. The summed E-state index contributed by atoms with van der Waals surface area (Å²) in [5.41, 5.74) is 14.0. The van der Waals surface area contributed by atoms with Crippen molar-refractivity contribution in [3.05, 3.63) is 212 Å². The minimum Gasteiger partial charge on any atom is -0.455 e. The van der Waals surface area contributed by atoms with Crippen LogP contribution >= 0.6 is 0 Å². The minimum atomic E-state index is 0.560. The van der Waals surface area contributed by atoms with Crippen LogP contribution < -0.4 is 0 Å². The smallest absolute Gasteiger partial charge is 0.180 e. The zero-order chi connectivity index (χ0) is 42.6. The topological polar surface area (TPSA) is 57.0 Å². The van der Waals surface area contributed by atoms with Gasteiger partial charge in [-0.25, -0.2) is 9.97 Å². The Hall–Kier alpha value is -8.80. The first-order valence-electron chi connectivity index (χ1n) is 22.0. The van der Waals surface area contributed by atoms with Crippen LogP contribution in [0.3, 0.4) is 0 Å². The van der Waals surface area contributed by atoms with Gasteiger partial charge in [-0.1, -0.05) is 158 Å². The Morgan fingerprint density at radius 2 is 0.985 bits per heavy atom. The standard InChI is InChI=1S/C60H35N3O2/c1-4-14-36(15-5-1)42-25-29-50-47(33-42)48-32-40-21-10-11-22-41(40)35-52(48)63(50)51-30-28-46(58-54(51)45-27-24-38-18-12-13-23-44(38)57(45)65-58)60-61-55(39-19-8-3-9-20-39)59-56(62-60)49-34-43(26-31-53(49)64-59)37-16-6-2-7-17-37/h1-35H. The highest BCUT2D eigenvalue weighted by Crippen LogP contribution is 2.46. The van der Waals surface area contributed by atoms with Gasteiger partial charge in [0.2, 0.25) is 0 Å². The quantitative estimate of drug-likeness (QED) is 0.173. The third-order valence-corrected chi connectivity index (χ3v) is 13.2. The molecule has 0 amide bonds. The molecule has 5 heteroatoms. The molecule has 0 radical (unpaired) electrons. The van der Waals surface area contributed by atoms with Gasteiger partial charge in [0.1, 0.15) is 28.0 Å². The van der Waals surface area contributed by atoms with E-state index < -0.39 is 0 Å². The molecule has 0 aliphatic heterocycles. The van der Waals surface area contributed by atoms with Crippen molar-refractivity contribution >= 4 is 87.4 Å². The molecule has 10 aromatic carbocycles. The molecule has 0 aliphatic carbocycles. The predicted octanol–water partition coefficient (Wildman–Crippen LogP) is 16.3. The largest absolute Gasteiger partial charge is 0.455 e. The molecule has 0 fully saturated rings. The van der Waals surface area contributed by atoms with Crippen molar-refractivity contribution in [2.75, 3.05) is 0 Å². The first-order valence-corrected chi connectivity index (χ1v) is 22.0. The van der Waals surface area contributed by atoms with Gasteiger partial charge in [-0.15, -0.1) is 0 Å². The van der Waals surface area contributed by atoms with E-state index in [1.54, 1.807) is 0 Å². The van der Waals surface area contributed by atoms with E-state index in [4.69, 9.17) is 18.8 Å². The lowest BCUT2D eigenvalue weighted by Gasteiger charge is -2.13. The Bertz CT molecular complexity index is 4220. The monoisotopic (exact) mass is 829 g/mol. The Balaban J connectivity index is 1.09. The Morgan fingerprint density at radius 1 is 0.354 bits per heavy atom. The number of aromatic nitrogens is 3. The third kappa shape index (κ3) is 5.46. The molecule has 302 valence electrons. The van der Waals surface area contributed by atoms with Crippen molar-refractivity contribution < 1.29 is 8.83 Å². The van der Waals surface area contributed by atoms with Crippen molar-refractivity contribution in [2.24, 2.45) is 0 Å². The van der Waals surface area contributed by atoms with E-state index in [1.807, 2.05) is 30.3 Å². The number of rotatable bonds is 5. The van der Waals surface area contributed by atoms with Crippen LogP contribution in [0.2, 0.25) is 0 Å². The summed E-state index contributed by atoms with van der Waals surface area (Å²) in [5, 5.41) is 9.87. The van der Waals surface area contributed by atoms with Gasteiger partial charge >= 0.3 is 0 Å². The first kappa shape index (κ1) is 35.8. The van der Waals surface area contributed by atoms with Crippen molar-refractivity contribution in [3.63, 3.8) is 0 Å². The Morgan fingerprint density at radius 3 is 1.74 bits per heavy atom. The summed E-state index contributed by atoms with van der Waals surface area (Å²) in [6, 6.07) is 75.0. The number of nitrogens with zero attached hydrogens (tertiary/aromatic N) is 3. The van der Waals surface area contributed by atoms with Crippen LogP contribution in [0.25, 0.3) is 138 Å². The molecule has 0 spiro atoms. The maximum absolute atomic E-state index is 7.25. The van der Waals surface area contributed by atoms with Crippen LogP contribution in [0.1, 0.15) is 0 Å². The molecule has 14 aromatic rings. The van der Waals surface area contributed by atoms with Crippen LogP contribution in [0, 0.1) is 0 Å². The summed E-state index contributed by atoms with van der Waals surface area (Å²) in [4.78, 5) is 10.8. The van der Waals surface area contributed by atoms with Crippen LogP contribution in [0.15, 0.2) is 221 Å². The van der Waals surface area contributed by atoms with Crippen LogP contribution in [0.4, 0.5) is 0 Å². The van der Waals surface area contributed by atoms with Gasteiger partial charge in [0.25, 0.3) is 0 Å². The van der Waals surface area contributed by atoms with Crippen molar-refractivity contribution in [1.82, 2.24) is 14.5 Å². The molecule has 0 unspecified atom stereocenters. The number of furan rings is 2. The molecule has 4 aromatic heterocycles. The minimum absolute atomic E-state index is 0.560. The molecule has 0 N–H and O–H groups in total. The number of hydrogen-bond donors (Lipinski definition) is 0. The highest BCUT2D eigenvalue weighted by molar-refractivity contribution is 6.22. The summed E-state index contributed by atoms with van der Waals surface area (Å²) < 4.78 is 16.3. The fourth-order valence-corrected chi connectivity index (χ4v) is 10.1. The lowest BCUT2D eigenvalue weighted by molar-refractivity contribution is 0.666. The summed E-state index contributed by atoms with van der Waals surface area (Å²) in [6.07, 6.45) is 0. The molecule has 0 saturated heterocycles. The fourth-order valence-electron chi connectivity index (χ4n) is 10.1. The zero-order valence-corrected chi connectivity index (χ0v) is 34.9. The Labute approximate surface area is 372 Å². The number of fused-ring (bicyclic) bond motifs is 12. The van der Waals surface area contributed by atoms with Crippen molar-refractivity contribution in [1.29, 1.82) is 0 Å². The van der Waals surface area contributed by atoms with Crippen LogP contribution in [-0.2, 0) is 0 Å². The summed E-state index contributed by atoms with van der Waals surface area (Å²) in [6.45, 7) is 0. The van der Waals surface area contributed by atoms with Gasteiger partial charge in [0.05, 0.1) is 27.7 Å². The summed E-state index contributed by atoms with van der Waals surface area (Å²) in [7, 11) is 0. The van der Waals surface area contributed by atoms with E-state index in [9.17, 15) is 0 Å². The average molecular weight is 830 g/mol. The van der Waals surface area contributed by atoms with Gasteiger partial charge in [-0.05, 0) is 93.0 Å². The van der Waals surface area contributed by atoms with E-state index >= 15 is 0 Å². The van der Waals surface area contributed by atoms with Crippen molar-refractivity contribution in [2.45, 2.75) is 0 Å².